The van der Waals surface area contributed by atoms with E-state index in [2.05, 4.69) is 5.32 Å². The van der Waals surface area contributed by atoms with Crippen LogP contribution in [0.25, 0.3) is 10.1 Å². The minimum atomic E-state index is -0.132. The van der Waals surface area contributed by atoms with Gasteiger partial charge in [0.1, 0.15) is 4.99 Å². The van der Waals surface area contributed by atoms with Gasteiger partial charge in [0.25, 0.3) is 5.91 Å². The number of benzene rings is 2. The Hall–Kier alpha value is -2.24. The van der Waals surface area contributed by atoms with Gasteiger partial charge in [0, 0.05) is 26.7 Å². The molecule has 104 valence electrons. The number of carbonyl (C=O) groups is 1. The molecule has 3 rings (SSSR count). The van der Waals surface area contributed by atoms with Crippen molar-refractivity contribution in [2.75, 3.05) is 5.32 Å². The first-order valence-corrected chi connectivity index (χ1v) is 7.61. The highest BCUT2D eigenvalue weighted by molar-refractivity contribution is 7.80. The van der Waals surface area contributed by atoms with Crippen LogP contribution in [0, 0.1) is 0 Å². The molecule has 0 aliphatic rings. The van der Waals surface area contributed by atoms with Gasteiger partial charge in [0.2, 0.25) is 0 Å². The monoisotopic (exact) mass is 312 g/mol. The van der Waals surface area contributed by atoms with E-state index in [1.54, 1.807) is 17.4 Å². The van der Waals surface area contributed by atoms with E-state index in [4.69, 9.17) is 18.0 Å². The van der Waals surface area contributed by atoms with Gasteiger partial charge in [-0.1, -0.05) is 42.5 Å². The van der Waals surface area contributed by atoms with Crippen LogP contribution in [-0.4, -0.2) is 10.9 Å². The van der Waals surface area contributed by atoms with E-state index in [1.807, 2.05) is 47.8 Å². The van der Waals surface area contributed by atoms with Gasteiger partial charge in [-0.15, -0.1) is 11.3 Å². The summed E-state index contributed by atoms with van der Waals surface area (Å²) in [4.78, 5) is 12.7. The Morgan fingerprint density at radius 2 is 1.95 bits per heavy atom. The quantitative estimate of drug-likeness (QED) is 0.724. The SMILES string of the molecule is NC(=S)c1cccc(NC(=O)c2csc3ccccc23)c1. The van der Waals surface area contributed by atoms with Crippen LogP contribution in [0.2, 0.25) is 0 Å². The van der Waals surface area contributed by atoms with Crippen LogP contribution < -0.4 is 11.1 Å². The second kappa shape index (κ2) is 5.63. The highest BCUT2D eigenvalue weighted by Crippen LogP contribution is 2.26. The predicted molar refractivity (Wildman–Crippen MR) is 92.1 cm³/mol. The van der Waals surface area contributed by atoms with Crippen LogP contribution >= 0.6 is 23.6 Å². The molecule has 0 bridgehead atoms. The number of fused-ring (bicyclic) bond motifs is 1. The maximum Gasteiger partial charge on any atom is 0.257 e. The van der Waals surface area contributed by atoms with Gasteiger partial charge in [-0.3, -0.25) is 4.79 Å². The molecular weight excluding hydrogens is 300 g/mol. The number of hydrogen-bond donors (Lipinski definition) is 2. The van der Waals surface area contributed by atoms with Gasteiger partial charge in [-0.25, -0.2) is 0 Å². The molecule has 0 radical (unpaired) electrons. The van der Waals surface area contributed by atoms with Crippen molar-refractivity contribution in [3.8, 4) is 0 Å². The fourth-order valence-corrected chi connectivity index (χ4v) is 3.17. The van der Waals surface area contributed by atoms with E-state index in [-0.39, 0.29) is 5.91 Å². The Labute approximate surface area is 131 Å². The van der Waals surface area contributed by atoms with E-state index < -0.39 is 0 Å². The first-order chi connectivity index (χ1) is 10.1. The zero-order valence-corrected chi connectivity index (χ0v) is 12.6. The zero-order chi connectivity index (χ0) is 14.8. The Morgan fingerprint density at radius 3 is 2.76 bits per heavy atom. The van der Waals surface area contributed by atoms with Gasteiger partial charge < -0.3 is 11.1 Å². The second-order valence-electron chi connectivity index (χ2n) is 4.54. The number of hydrogen-bond acceptors (Lipinski definition) is 3. The summed E-state index contributed by atoms with van der Waals surface area (Å²) in [6, 6.07) is 15.1. The third-order valence-electron chi connectivity index (χ3n) is 3.13. The first-order valence-electron chi connectivity index (χ1n) is 6.32. The van der Waals surface area contributed by atoms with Crippen molar-refractivity contribution >= 4 is 50.2 Å². The van der Waals surface area contributed by atoms with Gasteiger partial charge in [-0.2, -0.15) is 0 Å². The third kappa shape index (κ3) is 2.79. The van der Waals surface area contributed by atoms with Crippen molar-refractivity contribution < 1.29 is 4.79 Å². The summed E-state index contributed by atoms with van der Waals surface area (Å²) in [6.45, 7) is 0. The molecule has 0 aliphatic carbocycles. The highest BCUT2D eigenvalue weighted by Gasteiger charge is 2.12. The summed E-state index contributed by atoms with van der Waals surface area (Å²) in [5, 5.41) is 5.72. The molecule has 3 aromatic rings. The van der Waals surface area contributed by atoms with Crippen molar-refractivity contribution in [1.82, 2.24) is 0 Å². The number of rotatable bonds is 3. The average molecular weight is 312 g/mol. The molecular formula is C16H12N2OS2. The lowest BCUT2D eigenvalue weighted by Crippen LogP contribution is -2.13. The Balaban J connectivity index is 1.90. The smallest absolute Gasteiger partial charge is 0.257 e. The van der Waals surface area contributed by atoms with Crippen molar-refractivity contribution in [1.29, 1.82) is 0 Å². The summed E-state index contributed by atoms with van der Waals surface area (Å²) in [5.41, 5.74) is 7.70. The van der Waals surface area contributed by atoms with Crippen molar-refractivity contribution in [3.05, 3.63) is 65.0 Å². The van der Waals surface area contributed by atoms with E-state index in [0.29, 0.717) is 16.2 Å². The summed E-state index contributed by atoms with van der Waals surface area (Å²) < 4.78 is 1.10. The van der Waals surface area contributed by atoms with E-state index in [0.717, 1.165) is 15.6 Å². The molecule has 0 atom stereocenters. The molecule has 0 aliphatic heterocycles. The number of amides is 1. The maximum atomic E-state index is 12.4. The van der Waals surface area contributed by atoms with Crippen molar-refractivity contribution in [2.24, 2.45) is 5.73 Å². The zero-order valence-electron chi connectivity index (χ0n) is 11.0. The molecule has 3 nitrogen and oxygen atoms in total. The molecule has 3 N–H and O–H groups in total. The van der Waals surface area contributed by atoms with Crippen LogP contribution in [0.3, 0.4) is 0 Å². The molecule has 1 amide bonds. The van der Waals surface area contributed by atoms with Crippen molar-refractivity contribution in [2.45, 2.75) is 0 Å². The van der Waals surface area contributed by atoms with E-state index in [9.17, 15) is 4.79 Å². The lowest BCUT2D eigenvalue weighted by atomic mass is 10.1. The number of anilines is 1. The van der Waals surface area contributed by atoms with Gasteiger partial charge in [0.15, 0.2) is 0 Å². The number of nitrogens with two attached hydrogens (primary N) is 1. The number of nitrogens with one attached hydrogen (secondary N) is 1. The maximum absolute atomic E-state index is 12.4. The average Bonchev–Trinajstić information content (AvgIpc) is 2.91. The topological polar surface area (TPSA) is 55.1 Å². The van der Waals surface area contributed by atoms with Crippen LogP contribution in [-0.2, 0) is 0 Å². The molecule has 1 aromatic heterocycles. The minimum absolute atomic E-state index is 0.132. The molecule has 0 saturated heterocycles. The van der Waals surface area contributed by atoms with Crippen LogP contribution in [0.5, 0.6) is 0 Å². The third-order valence-corrected chi connectivity index (χ3v) is 4.33. The fraction of sp³-hybridized carbons (Fsp3) is 0. The lowest BCUT2D eigenvalue weighted by Gasteiger charge is -2.06. The largest absolute Gasteiger partial charge is 0.389 e. The Morgan fingerprint density at radius 1 is 1.14 bits per heavy atom. The predicted octanol–water partition coefficient (Wildman–Crippen LogP) is 3.79. The second-order valence-corrected chi connectivity index (χ2v) is 5.90. The number of thiophene rings is 1. The molecule has 0 fully saturated rings. The Bertz CT molecular complexity index is 839. The molecule has 2 aromatic carbocycles. The molecule has 0 unspecified atom stereocenters. The summed E-state index contributed by atoms with van der Waals surface area (Å²) >= 11 is 6.50. The Kier molecular flexibility index (Phi) is 3.68. The highest BCUT2D eigenvalue weighted by atomic mass is 32.1. The summed E-state index contributed by atoms with van der Waals surface area (Å²) in [5.74, 6) is -0.132. The molecule has 5 heteroatoms. The number of carbonyl (C=O) groups excluding carboxylic acids is 1. The molecule has 21 heavy (non-hydrogen) atoms. The summed E-state index contributed by atoms with van der Waals surface area (Å²) in [7, 11) is 0. The fourth-order valence-electron chi connectivity index (χ4n) is 2.10. The van der Waals surface area contributed by atoms with Gasteiger partial charge in [0.05, 0.1) is 5.56 Å². The minimum Gasteiger partial charge on any atom is -0.389 e. The van der Waals surface area contributed by atoms with Gasteiger partial charge in [-0.05, 0) is 18.2 Å². The lowest BCUT2D eigenvalue weighted by molar-refractivity contribution is 0.102. The van der Waals surface area contributed by atoms with Crippen LogP contribution in [0.4, 0.5) is 5.69 Å². The standard InChI is InChI=1S/C16H12N2OS2/c17-15(20)10-4-3-5-11(8-10)18-16(19)13-9-21-14-7-2-1-6-12(13)14/h1-9H,(H2,17,20)(H,18,19). The van der Waals surface area contributed by atoms with Gasteiger partial charge >= 0.3 is 0 Å². The normalized spacial score (nSPS) is 10.5. The van der Waals surface area contributed by atoms with Crippen LogP contribution in [0.1, 0.15) is 15.9 Å². The molecule has 0 saturated carbocycles. The van der Waals surface area contributed by atoms with Crippen LogP contribution in [0.15, 0.2) is 53.9 Å². The van der Waals surface area contributed by atoms with E-state index in [1.165, 1.54) is 0 Å². The first kappa shape index (κ1) is 13.7. The van der Waals surface area contributed by atoms with Crippen molar-refractivity contribution in [3.63, 3.8) is 0 Å². The number of thiocarbonyl (C=S) groups is 1. The summed E-state index contributed by atoms with van der Waals surface area (Å²) in [6.07, 6.45) is 0. The molecule has 0 spiro atoms. The van der Waals surface area contributed by atoms with E-state index >= 15 is 0 Å². The molecule has 1 heterocycles.